The minimum Gasteiger partial charge on any atom is -0.396 e. The van der Waals surface area contributed by atoms with Crippen LogP contribution in [0.1, 0.15) is 0 Å². The van der Waals surface area contributed by atoms with Crippen LogP contribution in [-0.4, -0.2) is 58.6 Å². The third kappa shape index (κ3) is 3.58. The molecule has 0 saturated heterocycles. The van der Waals surface area contributed by atoms with E-state index in [4.69, 9.17) is 25.5 Å². The lowest BCUT2D eigenvalue weighted by Crippen LogP contribution is -2.35. The second-order valence-corrected chi connectivity index (χ2v) is 3.10. The van der Waals surface area contributed by atoms with Crippen LogP contribution in [0, 0.1) is 17.8 Å². The van der Waals surface area contributed by atoms with E-state index in [2.05, 4.69) is 0 Å². The maximum atomic E-state index is 8.95. The van der Waals surface area contributed by atoms with Crippen LogP contribution in [0.15, 0.2) is 0 Å². The Morgan fingerprint density at radius 1 is 0.538 bits per heavy atom. The van der Waals surface area contributed by atoms with Gasteiger partial charge in [0.05, 0.1) is 0 Å². The van der Waals surface area contributed by atoms with Gasteiger partial charge in [-0.2, -0.15) is 0 Å². The Balaban J connectivity index is 4.26. The summed E-state index contributed by atoms with van der Waals surface area (Å²) in [6, 6.07) is 0. The summed E-state index contributed by atoms with van der Waals surface area (Å²) in [7, 11) is 0. The van der Waals surface area contributed by atoms with Crippen molar-refractivity contribution in [2.24, 2.45) is 17.8 Å². The molecule has 0 amide bonds. The normalized spacial score (nSPS) is 12.0. The molecule has 80 valence electrons. The van der Waals surface area contributed by atoms with Crippen molar-refractivity contribution in [3.05, 3.63) is 0 Å². The molecule has 0 aromatic heterocycles. The first-order valence-corrected chi connectivity index (χ1v) is 4.29. The minimum atomic E-state index is -0.491. The number of hydrogen-bond acceptors (Lipinski definition) is 5. The first kappa shape index (κ1) is 12.8. The fourth-order valence-corrected chi connectivity index (χ4v) is 1.34. The molecule has 0 rings (SSSR count). The van der Waals surface area contributed by atoms with E-state index in [1.165, 1.54) is 0 Å². The van der Waals surface area contributed by atoms with Crippen LogP contribution in [0.25, 0.3) is 0 Å². The van der Waals surface area contributed by atoms with E-state index >= 15 is 0 Å². The summed E-state index contributed by atoms with van der Waals surface area (Å²) in [6.07, 6.45) is 0. The second-order valence-electron chi connectivity index (χ2n) is 3.10. The highest BCUT2D eigenvalue weighted by atomic mass is 16.3. The predicted molar refractivity (Wildman–Crippen MR) is 45.9 cm³/mol. The van der Waals surface area contributed by atoms with E-state index in [-0.39, 0.29) is 33.0 Å². The first-order chi connectivity index (χ1) is 6.24. The van der Waals surface area contributed by atoms with Crippen LogP contribution in [0.3, 0.4) is 0 Å². The molecule has 0 aromatic carbocycles. The van der Waals surface area contributed by atoms with Gasteiger partial charge in [0.25, 0.3) is 0 Å². The molecule has 0 bridgehead atoms. The topological polar surface area (TPSA) is 101 Å². The smallest absolute Gasteiger partial charge is 0.0484 e. The maximum absolute atomic E-state index is 8.95. The summed E-state index contributed by atoms with van der Waals surface area (Å²) < 4.78 is 0. The Hall–Kier alpha value is -0.200. The second kappa shape index (κ2) is 7.23. The molecule has 0 aliphatic carbocycles. The molecule has 0 aliphatic rings. The van der Waals surface area contributed by atoms with Crippen LogP contribution in [0.2, 0.25) is 0 Å². The van der Waals surface area contributed by atoms with Crippen LogP contribution >= 0.6 is 0 Å². The van der Waals surface area contributed by atoms with E-state index in [0.29, 0.717) is 0 Å². The molecule has 0 unspecified atom stereocenters. The Morgan fingerprint density at radius 2 is 0.846 bits per heavy atom. The molecule has 0 saturated carbocycles. The molecule has 5 N–H and O–H groups in total. The molecule has 0 heterocycles. The highest BCUT2D eigenvalue weighted by molar-refractivity contribution is 4.75. The van der Waals surface area contributed by atoms with Crippen LogP contribution < -0.4 is 0 Å². The van der Waals surface area contributed by atoms with Gasteiger partial charge in [-0.05, 0) is 5.92 Å². The Bertz CT molecular complexity index is 99.1. The van der Waals surface area contributed by atoms with E-state index in [1.807, 2.05) is 0 Å². The van der Waals surface area contributed by atoms with Crippen LogP contribution in [0.4, 0.5) is 0 Å². The molecule has 5 heteroatoms. The minimum absolute atomic E-state index is 0.266. The highest BCUT2D eigenvalue weighted by Gasteiger charge is 2.27. The van der Waals surface area contributed by atoms with Gasteiger partial charge in [-0.25, -0.2) is 0 Å². The predicted octanol–water partition coefficient (Wildman–Crippen LogP) is -2.20. The number of hydrogen-bond donors (Lipinski definition) is 5. The summed E-state index contributed by atoms with van der Waals surface area (Å²) in [5.74, 6) is -1.45. The largest absolute Gasteiger partial charge is 0.396 e. The molecule has 0 fully saturated rings. The maximum Gasteiger partial charge on any atom is 0.0484 e. The first-order valence-electron chi connectivity index (χ1n) is 4.29. The highest BCUT2D eigenvalue weighted by Crippen LogP contribution is 2.20. The van der Waals surface area contributed by atoms with Crippen molar-refractivity contribution in [1.82, 2.24) is 0 Å². The van der Waals surface area contributed by atoms with Crippen molar-refractivity contribution >= 4 is 0 Å². The number of aliphatic hydroxyl groups excluding tert-OH is 5. The molecule has 0 spiro atoms. The molecule has 0 radical (unpaired) electrons. The molecule has 5 nitrogen and oxygen atoms in total. The molecule has 0 aromatic rings. The molecular weight excluding hydrogens is 176 g/mol. The Morgan fingerprint density at radius 3 is 1.00 bits per heavy atom. The summed E-state index contributed by atoms with van der Waals surface area (Å²) >= 11 is 0. The summed E-state index contributed by atoms with van der Waals surface area (Å²) in [4.78, 5) is 0. The average Bonchev–Trinajstić information content (AvgIpc) is 2.18. The van der Waals surface area contributed by atoms with E-state index in [9.17, 15) is 0 Å². The van der Waals surface area contributed by atoms with Crippen molar-refractivity contribution in [3.8, 4) is 0 Å². The van der Waals surface area contributed by atoms with Gasteiger partial charge in [-0.3, -0.25) is 0 Å². The van der Waals surface area contributed by atoms with Crippen molar-refractivity contribution in [1.29, 1.82) is 0 Å². The quantitative estimate of drug-likeness (QED) is 0.316. The zero-order chi connectivity index (χ0) is 10.3. The lowest BCUT2D eigenvalue weighted by atomic mass is 9.83. The van der Waals surface area contributed by atoms with Crippen LogP contribution in [-0.2, 0) is 0 Å². The zero-order valence-electron chi connectivity index (χ0n) is 7.50. The average molecular weight is 194 g/mol. The standard InChI is InChI=1S/C8H18O5/c9-1-6(2-10)8(5-13)7(3-11)4-12/h6-13H,1-5H2. The Kier molecular flexibility index (Phi) is 7.12. The lowest BCUT2D eigenvalue weighted by Gasteiger charge is -2.27. The lowest BCUT2D eigenvalue weighted by molar-refractivity contribution is 0.00383. The summed E-state index contributed by atoms with van der Waals surface area (Å²) in [6.45, 7) is -1.33. The molecule has 0 aliphatic heterocycles. The van der Waals surface area contributed by atoms with Gasteiger partial charge in [-0.15, -0.1) is 0 Å². The fourth-order valence-electron chi connectivity index (χ4n) is 1.34. The van der Waals surface area contributed by atoms with Crippen LogP contribution in [0.5, 0.6) is 0 Å². The Labute approximate surface area is 77.3 Å². The van der Waals surface area contributed by atoms with Crippen molar-refractivity contribution in [2.45, 2.75) is 0 Å². The third-order valence-electron chi connectivity index (χ3n) is 2.36. The van der Waals surface area contributed by atoms with Crippen molar-refractivity contribution in [3.63, 3.8) is 0 Å². The number of aliphatic hydroxyl groups is 5. The van der Waals surface area contributed by atoms with Gasteiger partial charge >= 0.3 is 0 Å². The van der Waals surface area contributed by atoms with Gasteiger partial charge < -0.3 is 25.5 Å². The van der Waals surface area contributed by atoms with E-state index in [0.717, 1.165) is 0 Å². The SMILES string of the molecule is OCC(CO)C(CO)C(CO)CO. The van der Waals surface area contributed by atoms with E-state index < -0.39 is 17.8 Å². The summed E-state index contributed by atoms with van der Waals surface area (Å²) in [5, 5.41) is 44.3. The molecular formula is C8H18O5. The van der Waals surface area contributed by atoms with Gasteiger partial charge in [0.2, 0.25) is 0 Å². The van der Waals surface area contributed by atoms with Crippen molar-refractivity contribution < 1.29 is 25.5 Å². The third-order valence-corrected chi connectivity index (χ3v) is 2.36. The zero-order valence-corrected chi connectivity index (χ0v) is 7.50. The molecule has 0 atom stereocenters. The summed E-state index contributed by atoms with van der Waals surface area (Å²) in [5.41, 5.74) is 0. The van der Waals surface area contributed by atoms with Gasteiger partial charge in [0.15, 0.2) is 0 Å². The van der Waals surface area contributed by atoms with Gasteiger partial charge in [-0.1, -0.05) is 0 Å². The van der Waals surface area contributed by atoms with Gasteiger partial charge in [0.1, 0.15) is 0 Å². The van der Waals surface area contributed by atoms with Gasteiger partial charge in [0, 0.05) is 44.9 Å². The number of rotatable bonds is 7. The molecule has 13 heavy (non-hydrogen) atoms. The van der Waals surface area contributed by atoms with E-state index in [1.54, 1.807) is 0 Å². The van der Waals surface area contributed by atoms with Crippen molar-refractivity contribution in [2.75, 3.05) is 33.0 Å². The fraction of sp³-hybridized carbons (Fsp3) is 1.00. The monoisotopic (exact) mass is 194 g/mol.